The van der Waals surface area contributed by atoms with E-state index < -0.39 is 0 Å². The van der Waals surface area contributed by atoms with Crippen LogP contribution < -0.4 is 5.32 Å². The van der Waals surface area contributed by atoms with E-state index in [2.05, 4.69) is 21.5 Å². The molecule has 1 fully saturated rings. The summed E-state index contributed by atoms with van der Waals surface area (Å²) in [5.74, 6) is 1.29. The first-order valence-corrected chi connectivity index (χ1v) is 6.47. The van der Waals surface area contributed by atoms with E-state index in [1.54, 1.807) is 11.3 Å². The normalized spacial score (nSPS) is 20.6. The van der Waals surface area contributed by atoms with Gasteiger partial charge in [-0.15, -0.1) is 11.3 Å². The van der Waals surface area contributed by atoms with E-state index >= 15 is 0 Å². The molecule has 0 aromatic carbocycles. The van der Waals surface area contributed by atoms with Gasteiger partial charge in [0.25, 0.3) is 5.89 Å². The summed E-state index contributed by atoms with van der Waals surface area (Å²) in [5, 5.41) is 9.26. The molecule has 17 heavy (non-hydrogen) atoms. The predicted molar refractivity (Wildman–Crippen MR) is 63.0 cm³/mol. The summed E-state index contributed by atoms with van der Waals surface area (Å²) >= 11 is 1.70. The number of nitrogens with zero attached hydrogens (tertiary/aromatic N) is 2. The van der Waals surface area contributed by atoms with Gasteiger partial charge in [-0.2, -0.15) is 4.98 Å². The Morgan fingerprint density at radius 1 is 1.53 bits per heavy atom. The molecule has 0 aliphatic carbocycles. The van der Waals surface area contributed by atoms with Gasteiger partial charge in [-0.05, 0) is 11.4 Å². The number of hydrogen-bond acceptors (Lipinski definition) is 6. The van der Waals surface area contributed by atoms with E-state index in [1.807, 2.05) is 11.4 Å². The molecule has 0 amide bonds. The maximum absolute atomic E-state index is 5.56. The van der Waals surface area contributed by atoms with Crippen molar-refractivity contribution in [1.29, 1.82) is 0 Å². The fourth-order valence-electron chi connectivity index (χ4n) is 1.76. The molecule has 1 unspecified atom stereocenters. The van der Waals surface area contributed by atoms with Crippen LogP contribution >= 0.6 is 11.3 Å². The van der Waals surface area contributed by atoms with Crippen molar-refractivity contribution >= 4 is 11.3 Å². The summed E-state index contributed by atoms with van der Waals surface area (Å²) in [4.78, 5) is 5.61. The maximum Gasteiger partial charge on any atom is 0.257 e. The Hall–Kier alpha value is -1.24. The number of hydrogen-bond donors (Lipinski definition) is 1. The summed E-state index contributed by atoms with van der Waals surface area (Å²) in [6, 6.07) is 4.09. The molecule has 1 saturated heterocycles. The highest BCUT2D eigenvalue weighted by atomic mass is 32.1. The topological polar surface area (TPSA) is 60.2 Å². The molecule has 5 nitrogen and oxygen atoms in total. The van der Waals surface area contributed by atoms with Crippen molar-refractivity contribution in [3.8, 4) is 0 Å². The van der Waals surface area contributed by atoms with Crippen LogP contribution in [0.3, 0.4) is 0 Å². The fourth-order valence-corrected chi connectivity index (χ4v) is 2.46. The van der Waals surface area contributed by atoms with Gasteiger partial charge in [0.1, 0.15) is 6.10 Å². The van der Waals surface area contributed by atoms with Crippen LogP contribution in [0, 0.1) is 0 Å². The van der Waals surface area contributed by atoms with Gasteiger partial charge in [0, 0.05) is 24.4 Å². The van der Waals surface area contributed by atoms with Gasteiger partial charge in [0.05, 0.1) is 6.61 Å². The first-order valence-electron chi connectivity index (χ1n) is 5.59. The zero-order chi connectivity index (χ0) is 11.5. The second kappa shape index (κ2) is 4.95. The van der Waals surface area contributed by atoms with Crippen molar-refractivity contribution in [2.45, 2.75) is 12.5 Å². The number of morpholine rings is 1. The molecule has 0 radical (unpaired) electrons. The Kier molecular flexibility index (Phi) is 3.17. The Balaban J connectivity index is 1.69. The van der Waals surface area contributed by atoms with Gasteiger partial charge >= 0.3 is 0 Å². The van der Waals surface area contributed by atoms with Crippen molar-refractivity contribution in [3.05, 3.63) is 34.1 Å². The minimum atomic E-state index is -0.103. The van der Waals surface area contributed by atoms with Crippen LogP contribution in [0.5, 0.6) is 0 Å². The van der Waals surface area contributed by atoms with Crippen molar-refractivity contribution in [3.63, 3.8) is 0 Å². The van der Waals surface area contributed by atoms with E-state index in [1.165, 1.54) is 4.88 Å². The lowest BCUT2D eigenvalue weighted by Gasteiger charge is -2.19. The molecule has 2 aromatic rings. The lowest BCUT2D eigenvalue weighted by Crippen LogP contribution is -2.33. The molecule has 6 heteroatoms. The smallest absolute Gasteiger partial charge is 0.257 e. The molecule has 3 heterocycles. The number of thiophene rings is 1. The van der Waals surface area contributed by atoms with Crippen LogP contribution in [0.4, 0.5) is 0 Å². The Morgan fingerprint density at radius 3 is 3.29 bits per heavy atom. The first-order chi connectivity index (χ1) is 8.42. The molecule has 0 spiro atoms. The second-order valence-electron chi connectivity index (χ2n) is 3.87. The van der Waals surface area contributed by atoms with Crippen LogP contribution in [0.1, 0.15) is 22.7 Å². The lowest BCUT2D eigenvalue weighted by molar-refractivity contribution is 0.00755. The van der Waals surface area contributed by atoms with E-state index in [4.69, 9.17) is 9.26 Å². The zero-order valence-electron chi connectivity index (χ0n) is 9.26. The average molecular weight is 251 g/mol. The average Bonchev–Trinajstić information content (AvgIpc) is 3.02. The number of nitrogens with one attached hydrogen (secondary N) is 1. The summed E-state index contributed by atoms with van der Waals surface area (Å²) in [6.07, 6.45) is 0.620. The van der Waals surface area contributed by atoms with Crippen molar-refractivity contribution in [1.82, 2.24) is 15.5 Å². The highest BCUT2D eigenvalue weighted by Gasteiger charge is 2.22. The molecule has 90 valence electrons. The standard InChI is InChI=1S/C11H13N3O2S/c1-2-8(17-5-1)6-10-13-11(16-14-10)9-7-12-3-4-15-9/h1-2,5,9,12H,3-4,6-7H2. The lowest BCUT2D eigenvalue weighted by atomic mass is 10.3. The van der Waals surface area contributed by atoms with Crippen LogP contribution in [0.25, 0.3) is 0 Å². The first kappa shape index (κ1) is 10.9. The monoisotopic (exact) mass is 251 g/mol. The van der Waals surface area contributed by atoms with Crippen molar-refractivity contribution in [2.75, 3.05) is 19.7 Å². The van der Waals surface area contributed by atoms with E-state index in [0.29, 0.717) is 12.5 Å². The Morgan fingerprint density at radius 2 is 2.53 bits per heavy atom. The van der Waals surface area contributed by atoms with Gasteiger partial charge in [-0.25, -0.2) is 0 Å². The van der Waals surface area contributed by atoms with Gasteiger partial charge in [0.2, 0.25) is 0 Å². The minimum Gasteiger partial charge on any atom is -0.366 e. The summed E-state index contributed by atoms with van der Waals surface area (Å²) in [6.45, 7) is 2.31. The summed E-state index contributed by atoms with van der Waals surface area (Å²) in [7, 11) is 0. The van der Waals surface area contributed by atoms with Crippen molar-refractivity contribution in [2.24, 2.45) is 0 Å². The SMILES string of the molecule is c1csc(Cc2noc(C3CNCCO3)n2)c1. The fraction of sp³-hybridized carbons (Fsp3) is 0.455. The highest BCUT2D eigenvalue weighted by molar-refractivity contribution is 7.09. The second-order valence-corrected chi connectivity index (χ2v) is 4.90. The summed E-state index contributed by atoms with van der Waals surface area (Å²) in [5.41, 5.74) is 0. The van der Waals surface area contributed by atoms with E-state index in [-0.39, 0.29) is 6.10 Å². The molecule has 2 aromatic heterocycles. The van der Waals surface area contributed by atoms with Gasteiger partial charge in [-0.1, -0.05) is 11.2 Å². The summed E-state index contributed by atoms with van der Waals surface area (Å²) < 4.78 is 10.8. The van der Waals surface area contributed by atoms with Gasteiger partial charge in [0.15, 0.2) is 5.82 Å². The third-order valence-electron chi connectivity index (χ3n) is 2.60. The Labute approximate surface area is 103 Å². The quantitative estimate of drug-likeness (QED) is 0.893. The van der Waals surface area contributed by atoms with E-state index in [0.717, 1.165) is 25.3 Å². The third-order valence-corrected chi connectivity index (χ3v) is 3.48. The molecule has 1 N–H and O–H groups in total. The van der Waals surface area contributed by atoms with Crippen LogP contribution in [-0.2, 0) is 11.2 Å². The predicted octanol–water partition coefficient (Wildman–Crippen LogP) is 1.38. The number of ether oxygens (including phenoxy) is 1. The Bertz CT molecular complexity index is 463. The molecule has 1 aliphatic heterocycles. The van der Waals surface area contributed by atoms with Crippen LogP contribution in [0.15, 0.2) is 22.0 Å². The van der Waals surface area contributed by atoms with Crippen molar-refractivity contribution < 1.29 is 9.26 Å². The number of aromatic nitrogens is 2. The van der Waals surface area contributed by atoms with E-state index in [9.17, 15) is 0 Å². The molecular formula is C11H13N3O2S. The largest absolute Gasteiger partial charge is 0.366 e. The van der Waals surface area contributed by atoms with Crippen LogP contribution in [-0.4, -0.2) is 29.8 Å². The van der Waals surface area contributed by atoms with Crippen LogP contribution in [0.2, 0.25) is 0 Å². The molecule has 1 atom stereocenters. The zero-order valence-corrected chi connectivity index (χ0v) is 10.1. The third kappa shape index (κ3) is 2.54. The number of rotatable bonds is 3. The molecule has 1 aliphatic rings. The highest BCUT2D eigenvalue weighted by Crippen LogP contribution is 2.18. The van der Waals surface area contributed by atoms with Gasteiger partial charge in [-0.3, -0.25) is 0 Å². The minimum absolute atomic E-state index is 0.103. The van der Waals surface area contributed by atoms with Gasteiger partial charge < -0.3 is 14.6 Å². The maximum atomic E-state index is 5.56. The molecule has 3 rings (SSSR count). The molecule has 0 saturated carbocycles. The molecular weight excluding hydrogens is 238 g/mol. The molecule has 0 bridgehead atoms.